The van der Waals surface area contributed by atoms with E-state index in [1.165, 1.54) is 0 Å². The van der Waals surface area contributed by atoms with E-state index in [1.54, 1.807) is 49.5 Å². The molecule has 0 saturated heterocycles. The average molecular weight is 434 g/mol. The average Bonchev–Trinajstić information content (AvgIpc) is 3.07. The highest BCUT2D eigenvalue weighted by Gasteiger charge is 2.13. The van der Waals surface area contributed by atoms with E-state index in [2.05, 4.69) is 10.5 Å². The standard InChI is InChI=1S/C25H27N3O4/c1-5-31-23-12-10-19(11-13-23)24(29)27-26-16-21-14-17(3)28(18(21)4)22-9-7-8-20(15-22)25(30)32-6-2/h7-16H,5-6H2,1-4H3,(H,27,29)/b26-16-. The molecule has 1 amide bonds. The third-order valence-electron chi connectivity index (χ3n) is 4.88. The lowest BCUT2D eigenvalue weighted by molar-refractivity contribution is 0.0526. The van der Waals surface area contributed by atoms with Gasteiger partial charge in [0.1, 0.15) is 5.75 Å². The molecule has 0 fully saturated rings. The van der Waals surface area contributed by atoms with Crippen molar-refractivity contribution < 1.29 is 19.1 Å². The van der Waals surface area contributed by atoms with Crippen molar-refractivity contribution in [1.29, 1.82) is 0 Å². The van der Waals surface area contributed by atoms with Gasteiger partial charge in [-0.05, 0) is 76.2 Å². The molecule has 7 nitrogen and oxygen atoms in total. The summed E-state index contributed by atoms with van der Waals surface area (Å²) in [6.45, 7) is 8.51. The molecule has 1 heterocycles. The van der Waals surface area contributed by atoms with Crippen molar-refractivity contribution in [2.75, 3.05) is 13.2 Å². The van der Waals surface area contributed by atoms with Crippen LogP contribution in [0.5, 0.6) is 5.75 Å². The summed E-state index contributed by atoms with van der Waals surface area (Å²) in [5, 5.41) is 4.11. The molecule has 2 aromatic carbocycles. The molecule has 0 aliphatic heterocycles. The van der Waals surface area contributed by atoms with E-state index in [4.69, 9.17) is 9.47 Å². The van der Waals surface area contributed by atoms with E-state index in [1.807, 2.05) is 43.5 Å². The summed E-state index contributed by atoms with van der Waals surface area (Å²) in [5.41, 5.74) is 7.16. The molecule has 0 aliphatic carbocycles. The third-order valence-corrected chi connectivity index (χ3v) is 4.88. The van der Waals surface area contributed by atoms with Crippen LogP contribution >= 0.6 is 0 Å². The Labute approximate surface area is 187 Å². The minimum atomic E-state index is -0.351. The Bertz CT molecular complexity index is 1130. The molecule has 3 aromatic rings. The molecule has 1 aromatic heterocycles. The molecule has 166 valence electrons. The molecule has 0 atom stereocenters. The Kier molecular flexibility index (Phi) is 7.44. The number of hydrogen-bond donors (Lipinski definition) is 1. The van der Waals surface area contributed by atoms with Crippen LogP contribution in [-0.4, -0.2) is 35.9 Å². The van der Waals surface area contributed by atoms with Gasteiger partial charge in [0.2, 0.25) is 0 Å². The number of rotatable bonds is 8. The fraction of sp³-hybridized carbons (Fsp3) is 0.240. The number of esters is 1. The summed E-state index contributed by atoms with van der Waals surface area (Å²) in [4.78, 5) is 24.4. The highest BCUT2D eigenvalue weighted by Crippen LogP contribution is 2.21. The quantitative estimate of drug-likeness (QED) is 0.324. The van der Waals surface area contributed by atoms with Crippen molar-refractivity contribution >= 4 is 18.1 Å². The Morgan fingerprint density at radius 2 is 1.75 bits per heavy atom. The van der Waals surface area contributed by atoms with Crippen LogP contribution < -0.4 is 10.2 Å². The molecule has 0 radical (unpaired) electrons. The Morgan fingerprint density at radius 1 is 1.00 bits per heavy atom. The number of ether oxygens (including phenoxy) is 2. The van der Waals surface area contributed by atoms with Crippen LogP contribution in [0.2, 0.25) is 0 Å². The van der Waals surface area contributed by atoms with Crippen LogP contribution in [0.4, 0.5) is 0 Å². The molecule has 0 bridgehead atoms. The maximum absolute atomic E-state index is 12.3. The van der Waals surface area contributed by atoms with E-state index in [0.717, 1.165) is 22.6 Å². The van der Waals surface area contributed by atoms with Crippen molar-refractivity contribution in [3.8, 4) is 11.4 Å². The Hall–Kier alpha value is -3.87. The molecule has 1 N–H and O–H groups in total. The maximum Gasteiger partial charge on any atom is 0.338 e. The maximum atomic E-state index is 12.3. The number of nitrogens with one attached hydrogen (secondary N) is 1. The lowest BCUT2D eigenvalue weighted by atomic mass is 10.2. The summed E-state index contributed by atoms with van der Waals surface area (Å²) in [7, 11) is 0. The van der Waals surface area contributed by atoms with Crippen LogP contribution in [-0.2, 0) is 4.74 Å². The zero-order valence-electron chi connectivity index (χ0n) is 18.7. The van der Waals surface area contributed by atoms with E-state index >= 15 is 0 Å². The van der Waals surface area contributed by atoms with Crippen LogP contribution in [0.1, 0.15) is 51.5 Å². The zero-order chi connectivity index (χ0) is 23.1. The second-order valence-corrected chi connectivity index (χ2v) is 7.09. The molecule has 32 heavy (non-hydrogen) atoms. The van der Waals surface area contributed by atoms with Crippen LogP contribution in [0.3, 0.4) is 0 Å². The summed E-state index contributed by atoms with van der Waals surface area (Å²) < 4.78 is 12.5. The third kappa shape index (κ3) is 5.24. The number of aromatic nitrogens is 1. The predicted octanol–water partition coefficient (Wildman–Crippen LogP) is 4.43. The normalized spacial score (nSPS) is 10.9. The number of carbonyl (C=O) groups is 2. The summed E-state index contributed by atoms with van der Waals surface area (Å²) in [6.07, 6.45) is 1.61. The van der Waals surface area contributed by atoms with Gasteiger partial charge in [-0.25, -0.2) is 10.2 Å². The van der Waals surface area contributed by atoms with Gasteiger partial charge in [-0.2, -0.15) is 5.10 Å². The largest absolute Gasteiger partial charge is 0.494 e. The first kappa shape index (κ1) is 22.8. The van der Waals surface area contributed by atoms with E-state index in [-0.39, 0.29) is 11.9 Å². The fourth-order valence-electron chi connectivity index (χ4n) is 3.40. The van der Waals surface area contributed by atoms with Crippen molar-refractivity contribution in [3.05, 3.63) is 82.7 Å². The van der Waals surface area contributed by atoms with Crippen LogP contribution in [0.15, 0.2) is 59.7 Å². The first-order chi connectivity index (χ1) is 15.4. The van der Waals surface area contributed by atoms with Gasteiger partial charge in [-0.3, -0.25) is 4.79 Å². The number of carbonyl (C=O) groups excluding carboxylic acids is 2. The molecular weight excluding hydrogens is 406 g/mol. The van der Waals surface area contributed by atoms with E-state index in [9.17, 15) is 9.59 Å². The SMILES string of the molecule is CCOC(=O)c1cccc(-n2c(C)cc(/C=N\NC(=O)c3ccc(OCC)cc3)c2C)c1. The van der Waals surface area contributed by atoms with E-state index in [0.29, 0.717) is 30.1 Å². The fourth-order valence-corrected chi connectivity index (χ4v) is 3.40. The monoisotopic (exact) mass is 433 g/mol. The highest BCUT2D eigenvalue weighted by atomic mass is 16.5. The van der Waals surface area contributed by atoms with Crippen LogP contribution in [0.25, 0.3) is 5.69 Å². The predicted molar refractivity (Wildman–Crippen MR) is 124 cm³/mol. The Morgan fingerprint density at radius 3 is 2.44 bits per heavy atom. The molecule has 7 heteroatoms. The van der Waals surface area contributed by atoms with Gasteiger partial charge in [-0.1, -0.05) is 6.07 Å². The lowest BCUT2D eigenvalue weighted by Gasteiger charge is -2.11. The molecule has 3 rings (SSSR count). The number of hydrogen-bond acceptors (Lipinski definition) is 5. The highest BCUT2D eigenvalue weighted by molar-refractivity contribution is 5.95. The second kappa shape index (κ2) is 10.4. The molecule has 0 aliphatic rings. The summed E-state index contributed by atoms with van der Waals surface area (Å²) in [5.74, 6) is 0.0582. The first-order valence-corrected chi connectivity index (χ1v) is 10.5. The second-order valence-electron chi connectivity index (χ2n) is 7.09. The van der Waals surface area contributed by atoms with Crippen molar-refractivity contribution in [2.24, 2.45) is 5.10 Å². The number of aryl methyl sites for hydroxylation is 1. The molecule has 0 spiro atoms. The molecular formula is C25H27N3O4. The number of amides is 1. The van der Waals surface area contributed by atoms with E-state index < -0.39 is 0 Å². The summed E-state index contributed by atoms with van der Waals surface area (Å²) >= 11 is 0. The number of benzene rings is 2. The first-order valence-electron chi connectivity index (χ1n) is 10.5. The van der Waals surface area contributed by atoms with Crippen molar-refractivity contribution in [3.63, 3.8) is 0 Å². The number of hydrazone groups is 1. The summed E-state index contributed by atoms with van der Waals surface area (Å²) in [6, 6.07) is 16.1. The molecule has 0 saturated carbocycles. The smallest absolute Gasteiger partial charge is 0.338 e. The van der Waals surface area contributed by atoms with Gasteiger partial charge in [0.05, 0.1) is 25.0 Å². The van der Waals surface area contributed by atoms with Gasteiger partial charge in [-0.15, -0.1) is 0 Å². The lowest BCUT2D eigenvalue weighted by Crippen LogP contribution is -2.17. The van der Waals surface area contributed by atoms with Crippen molar-refractivity contribution in [2.45, 2.75) is 27.7 Å². The van der Waals surface area contributed by atoms with Gasteiger partial charge < -0.3 is 14.0 Å². The van der Waals surface area contributed by atoms with Gasteiger partial charge in [0, 0.05) is 28.2 Å². The molecule has 0 unspecified atom stereocenters. The van der Waals surface area contributed by atoms with Gasteiger partial charge in [0.15, 0.2) is 0 Å². The Balaban J connectivity index is 1.75. The van der Waals surface area contributed by atoms with Gasteiger partial charge in [0.25, 0.3) is 5.91 Å². The number of nitrogens with zero attached hydrogens (tertiary/aromatic N) is 2. The van der Waals surface area contributed by atoms with Crippen molar-refractivity contribution in [1.82, 2.24) is 9.99 Å². The van der Waals surface area contributed by atoms with Crippen LogP contribution in [0, 0.1) is 13.8 Å². The topological polar surface area (TPSA) is 81.9 Å². The zero-order valence-corrected chi connectivity index (χ0v) is 18.7. The van der Waals surface area contributed by atoms with Gasteiger partial charge >= 0.3 is 5.97 Å². The minimum absolute atomic E-state index is 0.305. The minimum Gasteiger partial charge on any atom is -0.494 e.